The molecule has 204 valence electrons. The first-order valence-corrected chi connectivity index (χ1v) is 12.0. The minimum absolute atomic E-state index is 0.109. The van der Waals surface area contributed by atoms with Crippen LogP contribution in [-0.4, -0.2) is 81.5 Å². The Morgan fingerprint density at radius 1 is 0.947 bits per heavy atom. The van der Waals surface area contributed by atoms with E-state index in [1.165, 1.54) is 0 Å². The predicted molar refractivity (Wildman–Crippen MR) is 133 cm³/mol. The van der Waals surface area contributed by atoms with Crippen LogP contribution in [0.5, 0.6) is 0 Å². The summed E-state index contributed by atoms with van der Waals surface area (Å²) in [5, 5.41) is 29.5. The summed E-state index contributed by atoms with van der Waals surface area (Å²) >= 11 is 0. The minimum Gasteiger partial charge on any atom is -0.481 e. The Morgan fingerprint density at radius 2 is 1.63 bits per heavy atom. The van der Waals surface area contributed by atoms with Crippen LogP contribution in [0.25, 0.3) is 10.9 Å². The van der Waals surface area contributed by atoms with Gasteiger partial charge in [0.15, 0.2) is 0 Å². The molecule has 4 amide bonds. The maximum absolute atomic E-state index is 13.1. The molecule has 1 aromatic carbocycles. The summed E-state index contributed by atoms with van der Waals surface area (Å²) in [6.45, 7) is 0.608. The van der Waals surface area contributed by atoms with Crippen molar-refractivity contribution in [3.63, 3.8) is 0 Å². The molecule has 1 aliphatic heterocycles. The molecule has 1 fully saturated rings. The first kappa shape index (κ1) is 28.1. The van der Waals surface area contributed by atoms with Crippen LogP contribution < -0.4 is 27.0 Å². The van der Waals surface area contributed by atoms with Crippen molar-refractivity contribution in [1.29, 1.82) is 0 Å². The Hall–Kier alpha value is -4.46. The van der Waals surface area contributed by atoms with E-state index in [9.17, 15) is 39.0 Å². The third kappa shape index (κ3) is 7.52. The molecular weight excluding hydrogens is 500 g/mol. The minimum atomic E-state index is -1.65. The number of aliphatic carboxylic acids is 2. The Labute approximate surface area is 216 Å². The van der Waals surface area contributed by atoms with Gasteiger partial charge in [-0.25, -0.2) is 4.79 Å². The van der Waals surface area contributed by atoms with Crippen LogP contribution in [0.1, 0.15) is 31.2 Å². The molecule has 0 saturated carbocycles. The van der Waals surface area contributed by atoms with Gasteiger partial charge in [-0.05, 0) is 31.0 Å². The molecule has 2 aromatic rings. The first-order valence-electron chi connectivity index (χ1n) is 12.0. The van der Waals surface area contributed by atoms with Crippen LogP contribution in [0.4, 0.5) is 0 Å². The molecule has 1 saturated heterocycles. The van der Waals surface area contributed by atoms with E-state index < -0.39 is 72.6 Å². The van der Waals surface area contributed by atoms with Gasteiger partial charge < -0.3 is 42.2 Å². The van der Waals surface area contributed by atoms with Crippen molar-refractivity contribution in [2.45, 2.75) is 56.3 Å². The van der Waals surface area contributed by atoms with Crippen molar-refractivity contribution in [1.82, 2.24) is 26.3 Å². The predicted octanol–water partition coefficient (Wildman–Crippen LogP) is -1.65. The van der Waals surface area contributed by atoms with Gasteiger partial charge in [-0.3, -0.25) is 24.0 Å². The van der Waals surface area contributed by atoms with Crippen LogP contribution in [0, 0.1) is 0 Å². The smallest absolute Gasteiger partial charge is 0.326 e. The number of benzene rings is 1. The summed E-state index contributed by atoms with van der Waals surface area (Å²) < 4.78 is 0. The SMILES string of the molecule is NC(=O)CC(NC(=O)C(Cc1c[nH]c2ccccc12)NC(=O)C(CC(=O)O)NC(=O)C1CCCN1)C(=O)O. The highest BCUT2D eigenvalue weighted by atomic mass is 16.4. The lowest BCUT2D eigenvalue weighted by Crippen LogP contribution is -2.58. The Balaban J connectivity index is 1.84. The van der Waals surface area contributed by atoms with Gasteiger partial charge in [0.25, 0.3) is 0 Å². The lowest BCUT2D eigenvalue weighted by Gasteiger charge is -2.24. The highest BCUT2D eigenvalue weighted by Crippen LogP contribution is 2.19. The number of hydrogen-bond donors (Lipinski definition) is 8. The van der Waals surface area contributed by atoms with E-state index in [-0.39, 0.29) is 6.42 Å². The second-order valence-corrected chi connectivity index (χ2v) is 9.00. The zero-order chi connectivity index (χ0) is 27.8. The standard InChI is InChI=1S/C24H30N6O8/c25-19(31)9-18(24(37)38)30-22(35)16(8-12-11-27-14-5-2-1-4-13(12)14)28-23(36)17(10-20(32)33)29-21(34)15-6-3-7-26-15/h1-2,4-5,11,15-18,26-27H,3,6-10H2,(H2,25,31)(H,28,36)(H,29,34)(H,30,35)(H,32,33)(H,37,38). The zero-order valence-electron chi connectivity index (χ0n) is 20.4. The number of nitrogens with two attached hydrogens (primary N) is 1. The molecule has 0 aliphatic carbocycles. The maximum Gasteiger partial charge on any atom is 0.326 e. The maximum atomic E-state index is 13.1. The average Bonchev–Trinajstić information content (AvgIpc) is 3.53. The van der Waals surface area contributed by atoms with Gasteiger partial charge in [0, 0.05) is 23.5 Å². The lowest BCUT2D eigenvalue weighted by molar-refractivity contribution is -0.144. The van der Waals surface area contributed by atoms with E-state index in [0.29, 0.717) is 18.5 Å². The molecule has 14 heteroatoms. The van der Waals surface area contributed by atoms with E-state index in [4.69, 9.17) is 5.73 Å². The zero-order valence-corrected chi connectivity index (χ0v) is 20.4. The van der Waals surface area contributed by atoms with Gasteiger partial charge in [-0.2, -0.15) is 0 Å². The van der Waals surface area contributed by atoms with E-state index in [1.807, 2.05) is 0 Å². The van der Waals surface area contributed by atoms with Gasteiger partial charge in [0.05, 0.1) is 18.9 Å². The summed E-state index contributed by atoms with van der Waals surface area (Å²) in [6.07, 6.45) is 1.36. The first-order chi connectivity index (χ1) is 18.0. The molecule has 0 bridgehead atoms. The number of fused-ring (bicyclic) bond motifs is 1. The number of H-pyrrole nitrogens is 1. The average molecular weight is 531 g/mol. The van der Waals surface area contributed by atoms with Crippen molar-refractivity contribution >= 4 is 46.5 Å². The molecule has 1 aromatic heterocycles. The fourth-order valence-electron chi connectivity index (χ4n) is 4.24. The van der Waals surface area contributed by atoms with Crippen molar-refractivity contribution < 1.29 is 39.0 Å². The van der Waals surface area contributed by atoms with Gasteiger partial charge >= 0.3 is 11.9 Å². The number of para-hydroxylation sites is 1. The van der Waals surface area contributed by atoms with Crippen LogP contribution in [0.2, 0.25) is 0 Å². The van der Waals surface area contributed by atoms with Crippen molar-refractivity contribution in [2.75, 3.05) is 6.54 Å². The van der Waals surface area contributed by atoms with Crippen molar-refractivity contribution in [2.24, 2.45) is 5.73 Å². The number of carboxylic acids is 2. The summed E-state index contributed by atoms with van der Waals surface area (Å²) in [6, 6.07) is 2.06. The molecule has 0 radical (unpaired) electrons. The molecular formula is C24H30N6O8. The number of aromatic nitrogens is 1. The summed E-state index contributed by atoms with van der Waals surface area (Å²) in [5.74, 6) is -6.24. The summed E-state index contributed by atoms with van der Waals surface area (Å²) in [5.41, 5.74) is 6.45. The quantitative estimate of drug-likeness (QED) is 0.148. The molecule has 38 heavy (non-hydrogen) atoms. The lowest BCUT2D eigenvalue weighted by atomic mass is 10.0. The highest BCUT2D eigenvalue weighted by molar-refractivity contribution is 5.96. The number of carbonyl (C=O) groups is 6. The van der Waals surface area contributed by atoms with Gasteiger partial charge in [0.1, 0.15) is 18.1 Å². The number of hydrogen-bond acceptors (Lipinski definition) is 7. The van der Waals surface area contributed by atoms with Gasteiger partial charge in [0.2, 0.25) is 23.6 Å². The van der Waals surface area contributed by atoms with Crippen LogP contribution in [0.15, 0.2) is 30.5 Å². The number of primary amides is 1. The normalized spacial score (nSPS) is 17.2. The molecule has 14 nitrogen and oxygen atoms in total. The molecule has 4 atom stereocenters. The van der Waals surface area contributed by atoms with E-state index >= 15 is 0 Å². The number of aromatic amines is 1. The number of carbonyl (C=O) groups excluding carboxylic acids is 4. The topological polar surface area (TPSA) is 233 Å². The van der Waals surface area contributed by atoms with Gasteiger partial charge in [-0.15, -0.1) is 0 Å². The summed E-state index contributed by atoms with van der Waals surface area (Å²) in [4.78, 5) is 76.1. The fraction of sp³-hybridized carbons (Fsp3) is 0.417. The Kier molecular flexibility index (Phi) is 9.38. The number of rotatable bonds is 13. The van der Waals surface area contributed by atoms with Crippen LogP contribution in [-0.2, 0) is 35.2 Å². The van der Waals surface area contributed by atoms with Crippen LogP contribution in [0.3, 0.4) is 0 Å². The molecule has 3 rings (SSSR count). The monoisotopic (exact) mass is 530 g/mol. The Bertz CT molecular complexity index is 1220. The second kappa shape index (κ2) is 12.7. The number of amides is 4. The van der Waals surface area contributed by atoms with E-state index in [1.54, 1.807) is 30.5 Å². The van der Waals surface area contributed by atoms with E-state index in [0.717, 1.165) is 17.3 Å². The molecule has 0 spiro atoms. The summed E-state index contributed by atoms with van der Waals surface area (Å²) in [7, 11) is 0. The molecule has 9 N–H and O–H groups in total. The molecule has 2 heterocycles. The van der Waals surface area contributed by atoms with Crippen molar-refractivity contribution in [3.8, 4) is 0 Å². The van der Waals surface area contributed by atoms with Gasteiger partial charge in [-0.1, -0.05) is 18.2 Å². The molecule has 4 unspecified atom stereocenters. The number of nitrogens with one attached hydrogen (secondary N) is 5. The van der Waals surface area contributed by atoms with E-state index in [2.05, 4.69) is 26.3 Å². The third-order valence-electron chi connectivity index (χ3n) is 6.14. The second-order valence-electron chi connectivity index (χ2n) is 9.00. The fourth-order valence-corrected chi connectivity index (χ4v) is 4.24. The largest absolute Gasteiger partial charge is 0.481 e. The number of carboxylic acid groups (broad SMARTS) is 2. The Morgan fingerprint density at radius 3 is 2.26 bits per heavy atom. The highest BCUT2D eigenvalue weighted by Gasteiger charge is 2.33. The van der Waals surface area contributed by atoms with Crippen molar-refractivity contribution in [3.05, 3.63) is 36.0 Å². The third-order valence-corrected chi connectivity index (χ3v) is 6.14. The van der Waals surface area contributed by atoms with Crippen LogP contribution >= 0.6 is 0 Å². The molecule has 1 aliphatic rings.